The van der Waals surface area contributed by atoms with Gasteiger partial charge in [-0.25, -0.2) is 9.07 Å². The largest absolute Gasteiger partial charge is 0.494 e. The third kappa shape index (κ3) is 4.95. The Hall–Kier alpha value is -3.59. The number of nitrogens with one attached hydrogen (secondary N) is 1. The molecule has 2 aromatic carbocycles. The Morgan fingerprint density at radius 3 is 2.80 bits per heavy atom. The Balaban J connectivity index is 1.61. The first kappa shape index (κ1) is 23.2. The van der Waals surface area contributed by atoms with Gasteiger partial charge < -0.3 is 9.72 Å². The van der Waals surface area contributed by atoms with E-state index < -0.39 is 6.04 Å². The van der Waals surface area contributed by atoms with E-state index in [2.05, 4.69) is 32.3 Å². The summed E-state index contributed by atoms with van der Waals surface area (Å²) in [4.78, 5) is 18.7. The molecule has 4 aromatic rings. The first-order chi connectivity index (χ1) is 17.0. The molecule has 0 aliphatic carbocycles. The third-order valence-electron chi connectivity index (χ3n) is 6.55. The highest BCUT2D eigenvalue weighted by atomic mass is 19.1. The minimum atomic E-state index is -0.419. The first-order valence-electron chi connectivity index (χ1n) is 12.1. The molecular formula is C26H29FN6O2. The number of pyridine rings is 1. The van der Waals surface area contributed by atoms with Crippen molar-refractivity contribution in [3.8, 4) is 5.75 Å². The van der Waals surface area contributed by atoms with Gasteiger partial charge in [-0.15, -0.1) is 5.10 Å². The van der Waals surface area contributed by atoms with Crippen molar-refractivity contribution < 1.29 is 9.13 Å². The monoisotopic (exact) mass is 476 g/mol. The van der Waals surface area contributed by atoms with Gasteiger partial charge in [0, 0.05) is 23.0 Å². The summed E-state index contributed by atoms with van der Waals surface area (Å²) < 4.78 is 20.8. The number of aromatic amines is 1. The van der Waals surface area contributed by atoms with E-state index in [-0.39, 0.29) is 11.4 Å². The molecule has 0 amide bonds. The molecule has 1 aliphatic heterocycles. The predicted octanol–water partition coefficient (Wildman–Crippen LogP) is 3.92. The zero-order valence-electron chi connectivity index (χ0n) is 19.9. The number of piperidine rings is 1. The Labute approximate surface area is 202 Å². The number of hydrogen-bond donors (Lipinski definition) is 1. The van der Waals surface area contributed by atoms with Crippen molar-refractivity contribution in [3.63, 3.8) is 0 Å². The summed E-state index contributed by atoms with van der Waals surface area (Å²) in [5, 5.41) is 13.5. The van der Waals surface area contributed by atoms with E-state index in [1.165, 1.54) is 12.1 Å². The van der Waals surface area contributed by atoms with E-state index in [9.17, 15) is 9.18 Å². The summed E-state index contributed by atoms with van der Waals surface area (Å²) in [6, 6.07) is 13.5. The molecule has 1 N–H and O–H groups in total. The van der Waals surface area contributed by atoms with Gasteiger partial charge in [-0.3, -0.25) is 9.69 Å². The van der Waals surface area contributed by atoms with Crippen LogP contribution >= 0.6 is 0 Å². The standard InChI is InChI=1S/C26H29FN6O2/c1-3-35-21-10-11-23-19(13-21)14-22(26(34)28-23)24(32-12-4-5-17(2)15-32)25-29-30-31-33(25)16-18-6-8-20(27)9-7-18/h6-11,13-14,17,24H,3-5,12,15-16H2,1-2H3,(H,28,34)/t17-,24+/m0/s1. The Morgan fingerprint density at radius 2 is 2.03 bits per heavy atom. The number of benzene rings is 2. The molecule has 2 aromatic heterocycles. The van der Waals surface area contributed by atoms with Gasteiger partial charge in [0.1, 0.15) is 17.6 Å². The number of fused-ring (bicyclic) bond motifs is 1. The maximum atomic E-state index is 13.4. The highest BCUT2D eigenvalue weighted by Crippen LogP contribution is 2.31. The van der Waals surface area contributed by atoms with Crippen molar-refractivity contribution in [2.24, 2.45) is 5.92 Å². The van der Waals surface area contributed by atoms with Crippen LogP contribution < -0.4 is 10.3 Å². The molecule has 8 nitrogen and oxygen atoms in total. The van der Waals surface area contributed by atoms with Gasteiger partial charge in [0.15, 0.2) is 5.82 Å². The van der Waals surface area contributed by atoms with Crippen LogP contribution in [0.3, 0.4) is 0 Å². The van der Waals surface area contributed by atoms with E-state index in [0.717, 1.165) is 48.1 Å². The van der Waals surface area contributed by atoms with Crippen LogP contribution in [0.2, 0.25) is 0 Å². The second-order valence-electron chi connectivity index (χ2n) is 9.20. The van der Waals surface area contributed by atoms with Crippen molar-refractivity contribution in [3.05, 3.63) is 81.7 Å². The van der Waals surface area contributed by atoms with E-state index in [0.29, 0.717) is 30.5 Å². The highest BCUT2D eigenvalue weighted by Gasteiger charge is 2.32. The predicted molar refractivity (Wildman–Crippen MR) is 131 cm³/mol. The van der Waals surface area contributed by atoms with Crippen LogP contribution in [0.4, 0.5) is 4.39 Å². The molecule has 5 rings (SSSR count). The molecule has 0 spiro atoms. The molecule has 0 radical (unpaired) electrons. The van der Waals surface area contributed by atoms with Gasteiger partial charge >= 0.3 is 0 Å². The number of ether oxygens (including phenoxy) is 1. The summed E-state index contributed by atoms with van der Waals surface area (Å²) in [5.74, 6) is 1.55. The molecule has 1 fully saturated rings. The number of H-pyrrole nitrogens is 1. The van der Waals surface area contributed by atoms with Crippen molar-refractivity contribution in [1.29, 1.82) is 0 Å². The Bertz CT molecular complexity index is 1370. The molecule has 1 aliphatic rings. The smallest absolute Gasteiger partial charge is 0.253 e. The second kappa shape index (κ2) is 9.95. The molecular weight excluding hydrogens is 447 g/mol. The summed E-state index contributed by atoms with van der Waals surface area (Å²) in [6.07, 6.45) is 2.19. The van der Waals surface area contributed by atoms with E-state index in [1.54, 1.807) is 16.8 Å². The van der Waals surface area contributed by atoms with Crippen molar-refractivity contribution in [2.45, 2.75) is 39.3 Å². The summed E-state index contributed by atoms with van der Waals surface area (Å²) in [5.41, 5.74) is 2.05. The van der Waals surface area contributed by atoms with Gasteiger partial charge in [-0.05, 0) is 84.6 Å². The third-order valence-corrected chi connectivity index (χ3v) is 6.55. The molecule has 35 heavy (non-hydrogen) atoms. The normalized spacial score (nSPS) is 17.5. The van der Waals surface area contributed by atoms with Crippen molar-refractivity contribution in [2.75, 3.05) is 19.7 Å². The van der Waals surface area contributed by atoms with Crippen LogP contribution in [0, 0.1) is 11.7 Å². The lowest BCUT2D eigenvalue weighted by Gasteiger charge is -2.36. The van der Waals surface area contributed by atoms with E-state index >= 15 is 0 Å². The maximum absolute atomic E-state index is 13.4. The number of tetrazole rings is 1. The zero-order valence-corrected chi connectivity index (χ0v) is 19.9. The van der Waals surface area contributed by atoms with Crippen molar-refractivity contribution in [1.82, 2.24) is 30.1 Å². The van der Waals surface area contributed by atoms with Crippen LogP contribution in [-0.4, -0.2) is 49.8 Å². The quantitative estimate of drug-likeness (QED) is 0.435. The number of likely N-dealkylation sites (tertiary alicyclic amines) is 1. The van der Waals surface area contributed by atoms with Gasteiger partial charge in [0.25, 0.3) is 5.56 Å². The van der Waals surface area contributed by atoms with Gasteiger partial charge in [-0.1, -0.05) is 19.1 Å². The van der Waals surface area contributed by atoms with Gasteiger partial charge in [0.2, 0.25) is 0 Å². The molecule has 0 saturated carbocycles. The first-order valence-corrected chi connectivity index (χ1v) is 12.1. The highest BCUT2D eigenvalue weighted by molar-refractivity contribution is 5.80. The lowest BCUT2D eigenvalue weighted by atomic mass is 9.95. The maximum Gasteiger partial charge on any atom is 0.253 e. The molecule has 0 unspecified atom stereocenters. The molecule has 182 valence electrons. The average molecular weight is 477 g/mol. The summed E-state index contributed by atoms with van der Waals surface area (Å²) >= 11 is 0. The molecule has 3 heterocycles. The van der Waals surface area contributed by atoms with Crippen LogP contribution in [0.15, 0.2) is 53.3 Å². The van der Waals surface area contributed by atoms with Crippen LogP contribution in [-0.2, 0) is 6.54 Å². The van der Waals surface area contributed by atoms with Gasteiger partial charge in [0.05, 0.1) is 13.2 Å². The number of rotatable bonds is 7. The molecule has 2 atom stereocenters. The fourth-order valence-corrected chi connectivity index (χ4v) is 4.90. The van der Waals surface area contributed by atoms with Crippen LogP contribution in [0.5, 0.6) is 5.75 Å². The minimum absolute atomic E-state index is 0.166. The molecule has 9 heteroatoms. The Kier molecular flexibility index (Phi) is 6.59. The SMILES string of the molecule is CCOc1ccc2[nH]c(=O)c([C@H](c3nnnn3Cc3ccc(F)cc3)N3CCC[C@H](C)C3)cc2c1. The molecule has 0 bridgehead atoms. The van der Waals surface area contributed by atoms with Crippen molar-refractivity contribution >= 4 is 10.9 Å². The Morgan fingerprint density at radius 1 is 1.20 bits per heavy atom. The number of halogens is 1. The average Bonchev–Trinajstić information content (AvgIpc) is 3.29. The fraction of sp³-hybridized carbons (Fsp3) is 0.385. The number of hydrogen-bond acceptors (Lipinski definition) is 6. The van der Waals surface area contributed by atoms with Crippen LogP contribution in [0.25, 0.3) is 10.9 Å². The topological polar surface area (TPSA) is 88.9 Å². The zero-order chi connectivity index (χ0) is 24.4. The minimum Gasteiger partial charge on any atom is -0.494 e. The van der Waals surface area contributed by atoms with E-state index in [1.807, 2.05) is 31.2 Å². The lowest BCUT2D eigenvalue weighted by Crippen LogP contribution is -2.41. The fourth-order valence-electron chi connectivity index (χ4n) is 4.90. The number of nitrogens with zero attached hydrogens (tertiary/aromatic N) is 5. The molecule has 1 saturated heterocycles. The summed E-state index contributed by atoms with van der Waals surface area (Å²) in [7, 11) is 0. The van der Waals surface area contributed by atoms with Gasteiger partial charge in [-0.2, -0.15) is 0 Å². The summed E-state index contributed by atoms with van der Waals surface area (Å²) in [6.45, 7) is 6.79. The second-order valence-corrected chi connectivity index (χ2v) is 9.20. The van der Waals surface area contributed by atoms with Crippen LogP contribution in [0.1, 0.15) is 49.7 Å². The number of aromatic nitrogens is 5. The lowest BCUT2D eigenvalue weighted by molar-refractivity contribution is 0.141. The van der Waals surface area contributed by atoms with E-state index in [4.69, 9.17) is 4.74 Å².